The van der Waals surface area contributed by atoms with Crippen LogP contribution in [0.4, 0.5) is 18.0 Å². The van der Waals surface area contributed by atoms with Crippen molar-refractivity contribution in [1.29, 1.82) is 0 Å². The first-order valence-corrected chi connectivity index (χ1v) is 6.80. The van der Waals surface area contributed by atoms with E-state index in [9.17, 15) is 18.0 Å². The number of benzene rings is 1. The van der Waals surface area contributed by atoms with Crippen molar-refractivity contribution >= 4 is 6.03 Å². The molecule has 1 fully saturated rings. The van der Waals surface area contributed by atoms with Crippen molar-refractivity contribution in [3.05, 3.63) is 29.6 Å². The highest BCUT2D eigenvalue weighted by Crippen LogP contribution is 2.37. The average Bonchev–Trinajstić information content (AvgIpc) is 2.37. The number of carbonyl (C=O) groups excluding carboxylic acids is 1. The minimum absolute atomic E-state index is 0.334. The summed E-state index contributed by atoms with van der Waals surface area (Å²) in [5.74, 6) is -2.56. The molecule has 2 amide bonds. The van der Waals surface area contributed by atoms with Crippen molar-refractivity contribution < 1.29 is 22.7 Å². The topological polar surface area (TPSA) is 50.4 Å². The predicted molar refractivity (Wildman–Crippen MR) is 68.9 cm³/mol. The van der Waals surface area contributed by atoms with Crippen LogP contribution in [0.15, 0.2) is 18.2 Å². The predicted octanol–water partition coefficient (Wildman–Crippen LogP) is 2.75. The molecular weight excluding hydrogens is 285 g/mol. The van der Waals surface area contributed by atoms with E-state index in [0.717, 1.165) is 0 Å². The summed E-state index contributed by atoms with van der Waals surface area (Å²) >= 11 is 0. The largest absolute Gasteiger partial charge is 0.493 e. The van der Waals surface area contributed by atoms with Gasteiger partial charge in [-0.25, -0.2) is 18.0 Å². The van der Waals surface area contributed by atoms with E-state index in [4.69, 9.17) is 4.74 Å². The van der Waals surface area contributed by atoms with Gasteiger partial charge in [0.15, 0.2) is 0 Å². The van der Waals surface area contributed by atoms with Gasteiger partial charge in [-0.15, -0.1) is 0 Å². The fourth-order valence-corrected chi connectivity index (χ4v) is 2.66. The molecule has 3 rings (SSSR count). The van der Waals surface area contributed by atoms with Crippen molar-refractivity contribution in [3.8, 4) is 5.75 Å². The molecule has 1 aliphatic heterocycles. The zero-order valence-corrected chi connectivity index (χ0v) is 11.2. The van der Waals surface area contributed by atoms with Crippen LogP contribution in [0.5, 0.6) is 5.75 Å². The van der Waals surface area contributed by atoms with E-state index in [2.05, 4.69) is 10.6 Å². The molecule has 2 aliphatic rings. The Kier molecular flexibility index (Phi) is 3.43. The Morgan fingerprint density at radius 1 is 1.29 bits per heavy atom. The van der Waals surface area contributed by atoms with Gasteiger partial charge in [0.05, 0.1) is 12.6 Å². The van der Waals surface area contributed by atoms with Gasteiger partial charge in [-0.1, -0.05) is 0 Å². The molecule has 1 aromatic carbocycles. The quantitative estimate of drug-likeness (QED) is 0.882. The Balaban J connectivity index is 1.61. The van der Waals surface area contributed by atoms with E-state index in [1.54, 1.807) is 0 Å². The molecule has 1 atom stereocenters. The Morgan fingerprint density at radius 3 is 2.76 bits per heavy atom. The maximum absolute atomic E-state index is 13.3. The molecule has 0 spiro atoms. The Morgan fingerprint density at radius 2 is 2.05 bits per heavy atom. The number of nitrogens with one attached hydrogen (secondary N) is 2. The lowest BCUT2D eigenvalue weighted by Gasteiger charge is -2.36. The third kappa shape index (κ3) is 3.06. The minimum Gasteiger partial charge on any atom is -0.493 e. The van der Waals surface area contributed by atoms with Gasteiger partial charge in [0.2, 0.25) is 0 Å². The number of alkyl halides is 2. The summed E-state index contributed by atoms with van der Waals surface area (Å²) in [7, 11) is 0. The maximum Gasteiger partial charge on any atom is 0.315 e. The van der Waals surface area contributed by atoms with Crippen LogP contribution in [0, 0.1) is 5.82 Å². The SMILES string of the molecule is O=C(NC1CC(F)(F)C1)NC1CCOc2ccc(F)cc21. The van der Waals surface area contributed by atoms with E-state index < -0.39 is 23.8 Å². The molecular formula is C14H15F3N2O2. The van der Waals surface area contributed by atoms with Crippen molar-refractivity contribution in [2.75, 3.05) is 6.61 Å². The molecule has 21 heavy (non-hydrogen) atoms. The Bertz CT molecular complexity index is 557. The summed E-state index contributed by atoms with van der Waals surface area (Å²) in [6, 6.07) is 2.71. The molecule has 1 heterocycles. The second-order valence-corrected chi connectivity index (χ2v) is 5.45. The van der Waals surface area contributed by atoms with Gasteiger partial charge in [0, 0.05) is 30.9 Å². The number of halogens is 3. The number of amides is 2. The van der Waals surface area contributed by atoms with E-state index in [0.29, 0.717) is 24.3 Å². The number of hydrogen-bond donors (Lipinski definition) is 2. The summed E-state index contributed by atoms with van der Waals surface area (Å²) in [4.78, 5) is 11.8. The minimum atomic E-state index is -2.67. The summed E-state index contributed by atoms with van der Waals surface area (Å²) < 4.78 is 44.1. The highest BCUT2D eigenvalue weighted by molar-refractivity contribution is 5.75. The van der Waals surface area contributed by atoms with E-state index in [1.807, 2.05) is 0 Å². The van der Waals surface area contributed by atoms with Crippen LogP contribution >= 0.6 is 0 Å². The molecule has 4 nitrogen and oxygen atoms in total. The third-order valence-electron chi connectivity index (χ3n) is 3.74. The van der Waals surface area contributed by atoms with E-state index in [-0.39, 0.29) is 18.9 Å². The standard InChI is InChI=1S/C14H15F3N2O2/c15-8-1-2-12-10(5-8)11(3-4-21-12)19-13(20)18-9-6-14(16,17)7-9/h1-2,5,9,11H,3-4,6-7H2,(H2,18,19,20). The molecule has 0 aromatic heterocycles. The summed E-state index contributed by atoms with van der Waals surface area (Å²) in [5.41, 5.74) is 0.565. The fraction of sp³-hybridized carbons (Fsp3) is 0.500. The summed E-state index contributed by atoms with van der Waals surface area (Å²) in [6.45, 7) is 0.408. The Hall–Kier alpha value is -1.92. The number of rotatable bonds is 2. The average molecular weight is 300 g/mol. The lowest BCUT2D eigenvalue weighted by Crippen LogP contribution is -2.53. The first-order chi connectivity index (χ1) is 9.93. The van der Waals surface area contributed by atoms with Crippen LogP contribution in [0.3, 0.4) is 0 Å². The molecule has 0 radical (unpaired) electrons. The molecule has 114 valence electrons. The first kappa shape index (κ1) is 14.0. The zero-order chi connectivity index (χ0) is 15.0. The Labute approximate surface area is 119 Å². The number of fused-ring (bicyclic) bond motifs is 1. The zero-order valence-electron chi connectivity index (χ0n) is 11.2. The van der Waals surface area contributed by atoms with Crippen LogP contribution in [0.25, 0.3) is 0 Å². The van der Waals surface area contributed by atoms with Crippen LogP contribution in [0.1, 0.15) is 30.9 Å². The van der Waals surface area contributed by atoms with Gasteiger partial charge in [0.1, 0.15) is 11.6 Å². The molecule has 1 saturated carbocycles. The molecule has 1 aromatic rings. The highest BCUT2D eigenvalue weighted by Gasteiger charge is 2.46. The van der Waals surface area contributed by atoms with Crippen molar-refractivity contribution in [2.24, 2.45) is 0 Å². The third-order valence-corrected chi connectivity index (χ3v) is 3.74. The summed E-state index contributed by atoms with van der Waals surface area (Å²) in [5, 5.41) is 5.19. The monoisotopic (exact) mass is 300 g/mol. The molecule has 2 N–H and O–H groups in total. The molecule has 7 heteroatoms. The maximum atomic E-state index is 13.3. The summed E-state index contributed by atoms with van der Waals surface area (Å²) in [6.07, 6.45) is -0.163. The van der Waals surface area contributed by atoms with Gasteiger partial charge >= 0.3 is 6.03 Å². The fourth-order valence-electron chi connectivity index (χ4n) is 2.66. The van der Waals surface area contributed by atoms with Gasteiger partial charge in [-0.3, -0.25) is 0 Å². The van der Waals surface area contributed by atoms with Gasteiger partial charge in [-0.05, 0) is 18.2 Å². The number of carbonyl (C=O) groups is 1. The van der Waals surface area contributed by atoms with E-state index in [1.165, 1.54) is 18.2 Å². The van der Waals surface area contributed by atoms with Gasteiger partial charge in [-0.2, -0.15) is 0 Å². The van der Waals surface area contributed by atoms with Crippen LogP contribution in [0.2, 0.25) is 0 Å². The van der Waals surface area contributed by atoms with E-state index >= 15 is 0 Å². The van der Waals surface area contributed by atoms with Gasteiger partial charge < -0.3 is 15.4 Å². The van der Waals surface area contributed by atoms with Crippen LogP contribution in [-0.4, -0.2) is 24.6 Å². The first-order valence-electron chi connectivity index (χ1n) is 6.80. The highest BCUT2D eigenvalue weighted by atomic mass is 19.3. The number of ether oxygens (including phenoxy) is 1. The smallest absolute Gasteiger partial charge is 0.315 e. The van der Waals surface area contributed by atoms with Crippen molar-refractivity contribution in [3.63, 3.8) is 0 Å². The lowest BCUT2D eigenvalue weighted by atomic mass is 9.88. The normalized spacial score (nSPS) is 23.5. The number of urea groups is 1. The number of hydrogen-bond acceptors (Lipinski definition) is 2. The van der Waals surface area contributed by atoms with Crippen molar-refractivity contribution in [2.45, 2.75) is 37.3 Å². The van der Waals surface area contributed by atoms with Crippen molar-refractivity contribution in [1.82, 2.24) is 10.6 Å². The van der Waals surface area contributed by atoms with Crippen LogP contribution in [-0.2, 0) is 0 Å². The second kappa shape index (κ2) is 5.13. The molecule has 0 saturated heterocycles. The second-order valence-electron chi connectivity index (χ2n) is 5.45. The van der Waals surface area contributed by atoms with Gasteiger partial charge in [0.25, 0.3) is 5.92 Å². The molecule has 1 aliphatic carbocycles. The molecule has 0 bridgehead atoms. The lowest BCUT2D eigenvalue weighted by molar-refractivity contribution is -0.0897. The molecule has 1 unspecified atom stereocenters. The van der Waals surface area contributed by atoms with Crippen LogP contribution < -0.4 is 15.4 Å².